The van der Waals surface area contributed by atoms with Crippen LogP contribution in [0.2, 0.25) is 0 Å². The molecule has 1 unspecified atom stereocenters. The van der Waals surface area contributed by atoms with E-state index >= 15 is 0 Å². The lowest BCUT2D eigenvalue weighted by molar-refractivity contribution is -0.122. The molecule has 0 fully saturated rings. The van der Waals surface area contributed by atoms with E-state index in [1.54, 1.807) is 0 Å². The molecule has 0 spiro atoms. The first kappa shape index (κ1) is 15.3. The van der Waals surface area contributed by atoms with Crippen LogP contribution in [0.15, 0.2) is 48.5 Å². The van der Waals surface area contributed by atoms with Crippen LogP contribution in [0.1, 0.15) is 37.3 Å². The number of carbonyl (C=O) groups excluding carboxylic acids is 1. The van der Waals surface area contributed by atoms with Crippen LogP contribution in [0.5, 0.6) is 0 Å². The SMILES string of the molecule is CCCc1ccc(-c2ccc(C(C)C(=O)NN)cc2)cc1. The van der Waals surface area contributed by atoms with Crippen molar-refractivity contribution in [3.63, 3.8) is 0 Å². The number of hydrogen-bond acceptors (Lipinski definition) is 2. The largest absolute Gasteiger partial charge is 0.294 e. The quantitative estimate of drug-likeness (QED) is 0.501. The molecule has 2 rings (SSSR count). The summed E-state index contributed by atoms with van der Waals surface area (Å²) < 4.78 is 0. The Morgan fingerprint density at radius 3 is 2.05 bits per heavy atom. The number of hydrazine groups is 1. The second-order valence-electron chi connectivity index (χ2n) is 5.30. The molecule has 3 nitrogen and oxygen atoms in total. The van der Waals surface area contributed by atoms with Crippen LogP contribution in [-0.2, 0) is 11.2 Å². The summed E-state index contributed by atoms with van der Waals surface area (Å²) in [4.78, 5) is 11.5. The normalized spacial score (nSPS) is 12.0. The summed E-state index contributed by atoms with van der Waals surface area (Å²) in [5.74, 6) is 4.76. The zero-order chi connectivity index (χ0) is 15.2. The number of benzene rings is 2. The van der Waals surface area contributed by atoms with Crippen LogP contribution in [-0.4, -0.2) is 5.91 Å². The summed E-state index contributed by atoms with van der Waals surface area (Å²) in [5.41, 5.74) is 6.86. The lowest BCUT2D eigenvalue weighted by Crippen LogP contribution is -2.33. The van der Waals surface area contributed by atoms with Gasteiger partial charge in [-0.05, 0) is 35.6 Å². The lowest BCUT2D eigenvalue weighted by atomic mass is 9.96. The Morgan fingerprint density at radius 1 is 1.05 bits per heavy atom. The van der Waals surface area contributed by atoms with Crippen molar-refractivity contribution in [1.82, 2.24) is 5.43 Å². The molecule has 0 aliphatic heterocycles. The highest BCUT2D eigenvalue weighted by Gasteiger charge is 2.13. The summed E-state index contributed by atoms with van der Waals surface area (Å²) in [6, 6.07) is 16.7. The summed E-state index contributed by atoms with van der Waals surface area (Å²) in [5, 5.41) is 0. The van der Waals surface area contributed by atoms with E-state index in [1.165, 1.54) is 11.1 Å². The average Bonchev–Trinajstić information content (AvgIpc) is 2.54. The first-order valence-electron chi connectivity index (χ1n) is 7.35. The van der Waals surface area contributed by atoms with Crippen LogP contribution in [0.4, 0.5) is 0 Å². The Balaban J connectivity index is 2.16. The van der Waals surface area contributed by atoms with Crippen LogP contribution in [0.25, 0.3) is 11.1 Å². The molecule has 3 heteroatoms. The second kappa shape index (κ2) is 7.04. The molecule has 1 atom stereocenters. The fraction of sp³-hybridized carbons (Fsp3) is 0.278. The molecule has 0 radical (unpaired) electrons. The molecule has 1 amide bonds. The van der Waals surface area contributed by atoms with Gasteiger partial charge in [-0.15, -0.1) is 0 Å². The molecule has 0 aliphatic rings. The molecule has 0 saturated heterocycles. The van der Waals surface area contributed by atoms with Gasteiger partial charge in [-0.1, -0.05) is 61.9 Å². The number of aryl methyl sites for hydroxylation is 1. The van der Waals surface area contributed by atoms with E-state index in [1.807, 2.05) is 31.2 Å². The summed E-state index contributed by atoms with van der Waals surface area (Å²) in [6.07, 6.45) is 2.28. The van der Waals surface area contributed by atoms with Gasteiger partial charge >= 0.3 is 0 Å². The standard InChI is InChI=1S/C18H22N2O/c1-3-4-14-5-7-16(8-6-14)17-11-9-15(10-12-17)13(2)18(21)20-19/h5-13H,3-4,19H2,1-2H3,(H,20,21). The summed E-state index contributed by atoms with van der Waals surface area (Å²) in [6.45, 7) is 4.03. The maximum Gasteiger partial charge on any atom is 0.241 e. The Bertz CT molecular complexity index is 588. The van der Waals surface area contributed by atoms with Gasteiger partial charge in [0.1, 0.15) is 0 Å². The fourth-order valence-corrected chi connectivity index (χ4v) is 2.39. The highest BCUT2D eigenvalue weighted by atomic mass is 16.2. The van der Waals surface area contributed by atoms with E-state index in [0.717, 1.165) is 24.0 Å². The first-order chi connectivity index (χ1) is 10.2. The molecule has 0 saturated carbocycles. The number of nitrogens with two attached hydrogens (primary N) is 1. The maximum atomic E-state index is 11.5. The van der Waals surface area contributed by atoms with Gasteiger partial charge in [0.2, 0.25) is 5.91 Å². The van der Waals surface area contributed by atoms with Crippen LogP contribution >= 0.6 is 0 Å². The van der Waals surface area contributed by atoms with E-state index < -0.39 is 0 Å². The maximum absolute atomic E-state index is 11.5. The number of nitrogens with one attached hydrogen (secondary N) is 1. The zero-order valence-corrected chi connectivity index (χ0v) is 12.6. The number of carbonyl (C=O) groups is 1. The zero-order valence-electron chi connectivity index (χ0n) is 12.6. The molecule has 21 heavy (non-hydrogen) atoms. The topological polar surface area (TPSA) is 55.1 Å². The van der Waals surface area contributed by atoms with Gasteiger partial charge in [-0.2, -0.15) is 0 Å². The Hall–Kier alpha value is -2.13. The first-order valence-corrected chi connectivity index (χ1v) is 7.35. The molecular weight excluding hydrogens is 260 g/mol. The van der Waals surface area contributed by atoms with Crippen molar-refractivity contribution < 1.29 is 4.79 Å². The van der Waals surface area contributed by atoms with Crippen LogP contribution in [0, 0.1) is 0 Å². The highest BCUT2D eigenvalue weighted by molar-refractivity contribution is 5.82. The van der Waals surface area contributed by atoms with E-state index in [9.17, 15) is 4.79 Å². The monoisotopic (exact) mass is 282 g/mol. The molecule has 3 N–H and O–H groups in total. The molecule has 0 aliphatic carbocycles. The van der Waals surface area contributed by atoms with Crippen molar-refractivity contribution in [2.75, 3.05) is 0 Å². The molecule has 2 aromatic carbocycles. The van der Waals surface area contributed by atoms with Crippen molar-refractivity contribution in [1.29, 1.82) is 0 Å². The van der Waals surface area contributed by atoms with Gasteiger partial charge < -0.3 is 0 Å². The number of rotatable bonds is 5. The van der Waals surface area contributed by atoms with Gasteiger partial charge in [0.15, 0.2) is 0 Å². The minimum absolute atomic E-state index is 0.174. The number of hydrogen-bond donors (Lipinski definition) is 2. The highest BCUT2D eigenvalue weighted by Crippen LogP contribution is 2.23. The minimum atomic E-state index is -0.240. The summed E-state index contributed by atoms with van der Waals surface area (Å²) >= 11 is 0. The third kappa shape index (κ3) is 3.70. The predicted molar refractivity (Wildman–Crippen MR) is 86.6 cm³/mol. The molecule has 110 valence electrons. The Kier molecular flexibility index (Phi) is 5.12. The average molecular weight is 282 g/mol. The van der Waals surface area contributed by atoms with Crippen molar-refractivity contribution in [3.8, 4) is 11.1 Å². The van der Waals surface area contributed by atoms with Gasteiger partial charge in [-0.3, -0.25) is 10.2 Å². The molecule has 0 aromatic heterocycles. The third-order valence-corrected chi connectivity index (χ3v) is 3.77. The van der Waals surface area contributed by atoms with Gasteiger partial charge in [-0.25, -0.2) is 5.84 Å². The van der Waals surface area contributed by atoms with Crippen molar-refractivity contribution in [3.05, 3.63) is 59.7 Å². The Morgan fingerprint density at radius 2 is 1.57 bits per heavy atom. The molecule has 2 aromatic rings. The van der Waals surface area contributed by atoms with E-state index in [4.69, 9.17) is 5.84 Å². The van der Waals surface area contributed by atoms with Gasteiger partial charge in [0.25, 0.3) is 0 Å². The fourth-order valence-electron chi connectivity index (χ4n) is 2.39. The smallest absolute Gasteiger partial charge is 0.241 e. The van der Waals surface area contributed by atoms with E-state index in [0.29, 0.717) is 0 Å². The Labute approximate surface area is 126 Å². The third-order valence-electron chi connectivity index (χ3n) is 3.77. The van der Waals surface area contributed by atoms with Gasteiger partial charge in [0, 0.05) is 0 Å². The van der Waals surface area contributed by atoms with Crippen LogP contribution in [0.3, 0.4) is 0 Å². The van der Waals surface area contributed by atoms with Crippen LogP contribution < -0.4 is 11.3 Å². The minimum Gasteiger partial charge on any atom is -0.294 e. The van der Waals surface area contributed by atoms with Crippen molar-refractivity contribution in [2.45, 2.75) is 32.6 Å². The number of amides is 1. The lowest BCUT2D eigenvalue weighted by Gasteiger charge is -2.11. The van der Waals surface area contributed by atoms with Gasteiger partial charge in [0.05, 0.1) is 5.92 Å². The predicted octanol–water partition coefficient (Wildman–Crippen LogP) is 3.40. The molecular formula is C18H22N2O. The second-order valence-corrected chi connectivity index (χ2v) is 5.30. The molecule has 0 heterocycles. The summed E-state index contributed by atoms with van der Waals surface area (Å²) in [7, 11) is 0. The van der Waals surface area contributed by atoms with Crippen molar-refractivity contribution in [2.24, 2.45) is 5.84 Å². The van der Waals surface area contributed by atoms with Crippen molar-refractivity contribution >= 4 is 5.91 Å². The van der Waals surface area contributed by atoms with E-state index in [2.05, 4.69) is 36.6 Å². The molecule has 0 bridgehead atoms. The van der Waals surface area contributed by atoms with E-state index in [-0.39, 0.29) is 11.8 Å².